The van der Waals surface area contributed by atoms with Crippen LogP contribution in [0.15, 0.2) is 23.5 Å². The molecule has 0 amide bonds. The zero-order valence-corrected chi connectivity index (χ0v) is 8.20. The molecule has 76 valence electrons. The van der Waals surface area contributed by atoms with Crippen LogP contribution in [0.4, 0.5) is 0 Å². The van der Waals surface area contributed by atoms with Crippen molar-refractivity contribution in [2.45, 2.75) is 19.8 Å². The van der Waals surface area contributed by atoms with E-state index in [0.717, 1.165) is 0 Å². The fraction of sp³-hybridized carbons (Fsp3) is 0.400. The zero-order chi connectivity index (χ0) is 10.6. The Labute approximate surface area is 82.2 Å². The molecule has 14 heavy (non-hydrogen) atoms. The monoisotopic (exact) mass is 196 g/mol. The molecular formula is C10H12O4. The van der Waals surface area contributed by atoms with E-state index >= 15 is 0 Å². The maximum absolute atomic E-state index is 11.1. The SMILES string of the molecule is COC(=O)C1=CC=C(OC(C)=O)CC1. The van der Waals surface area contributed by atoms with Gasteiger partial charge in [0.25, 0.3) is 0 Å². The van der Waals surface area contributed by atoms with E-state index in [1.165, 1.54) is 14.0 Å². The Morgan fingerprint density at radius 1 is 1.29 bits per heavy atom. The van der Waals surface area contributed by atoms with Crippen LogP contribution in [0, 0.1) is 0 Å². The fourth-order valence-electron chi connectivity index (χ4n) is 1.19. The van der Waals surface area contributed by atoms with Crippen molar-refractivity contribution in [3.05, 3.63) is 23.5 Å². The first-order chi connectivity index (χ1) is 6.63. The van der Waals surface area contributed by atoms with E-state index in [0.29, 0.717) is 24.2 Å². The van der Waals surface area contributed by atoms with E-state index < -0.39 is 0 Å². The van der Waals surface area contributed by atoms with E-state index in [1.54, 1.807) is 12.2 Å². The van der Waals surface area contributed by atoms with Crippen LogP contribution in [0.25, 0.3) is 0 Å². The summed E-state index contributed by atoms with van der Waals surface area (Å²) >= 11 is 0. The molecule has 1 aliphatic rings. The van der Waals surface area contributed by atoms with Crippen molar-refractivity contribution in [1.82, 2.24) is 0 Å². The van der Waals surface area contributed by atoms with Crippen molar-refractivity contribution in [2.75, 3.05) is 7.11 Å². The number of hydrogen-bond acceptors (Lipinski definition) is 4. The molecule has 0 aromatic carbocycles. The lowest BCUT2D eigenvalue weighted by atomic mass is 10.0. The van der Waals surface area contributed by atoms with Crippen molar-refractivity contribution in [3.63, 3.8) is 0 Å². The molecule has 0 aliphatic heterocycles. The summed E-state index contributed by atoms with van der Waals surface area (Å²) < 4.78 is 9.44. The van der Waals surface area contributed by atoms with E-state index in [-0.39, 0.29) is 11.9 Å². The number of methoxy groups -OCH3 is 1. The maximum atomic E-state index is 11.1. The lowest BCUT2D eigenvalue weighted by Crippen LogP contribution is -2.09. The minimum Gasteiger partial charge on any atom is -0.466 e. The van der Waals surface area contributed by atoms with Crippen LogP contribution in [-0.4, -0.2) is 19.0 Å². The van der Waals surface area contributed by atoms with Crippen molar-refractivity contribution < 1.29 is 19.1 Å². The van der Waals surface area contributed by atoms with Gasteiger partial charge in [-0.05, 0) is 18.6 Å². The van der Waals surface area contributed by atoms with Gasteiger partial charge in [-0.3, -0.25) is 4.79 Å². The Morgan fingerprint density at radius 2 is 2.00 bits per heavy atom. The van der Waals surface area contributed by atoms with Crippen molar-refractivity contribution >= 4 is 11.9 Å². The Morgan fingerprint density at radius 3 is 2.43 bits per heavy atom. The average Bonchev–Trinajstić information content (AvgIpc) is 2.17. The van der Waals surface area contributed by atoms with Gasteiger partial charge in [0.2, 0.25) is 0 Å². The molecule has 0 bridgehead atoms. The van der Waals surface area contributed by atoms with E-state index in [2.05, 4.69) is 4.74 Å². The average molecular weight is 196 g/mol. The van der Waals surface area contributed by atoms with Crippen LogP contribution in [0.3, 0.4) is 0 Å². The molecule has 1 rings (SSSR count). The standard InChI is InChI=1S/C10H12O4/c1-7(11)14-9-5-3-8(4-6-9)10(12)13-2/h3,5H,4,6H2,1-2H3. The number of allylic oxidation sites excluding steroid dienone is 3. The van der Waals surface area contributed by atoms with Crippen LogP contribution in [-0.2, 0) is 19.1 Å². The second-order valence-corrected chi connectivity index (χ2v) is 2.91. The van der Waals surface area contributed by atoms with Crippen LogP contribution < -0.4 is 0 Å². The van der Waals surface area contributed by atoms with Gasteiger partial charge in [0.1, 0.15) is 5.76 Å². The Bertz CT molecular complexity index is 312. The lowest BCUT2D eigenvalue weighted by molar-refractivity contribution is -0.137. The molecule has 0 atom stereocenters. The summed E-state index contributed by atoms with van der Waals surface area (Å²) in [6, 6.07) is 0. The Hall–Kier alpha value is -1.58. The first-order valence-electron chi connectivity index (χ1n) is 4.30. The van der Waals surface area contributed by atoms with Gasteiger partial charge < -0.3 is 9.47 Å². The number of carbonyl (C=O) groups is 2. The van der Waals surface area contributed by atoms with Gasteiger partial charge in [0, 0.05) is 18.9 Å². The van der Waals surface area contributed by atoms with Crippen LogP contribution >= 0.6 is 0 Å². The number of rotatable bonds is 2. The summed E-state index contributed by atoms with van der Waals surface area (Å²) in [6.45, 7) is 1.35. The highest BCUT2D eigenvalue weighted by molar-refractivity contribution is 5.89. The largest absolute Gasteiger partial charge is 0.466 e. The normalized spacial score (nSPS) is 15.3. The van der Waals surface area contributed by atoms with Crippen LogP contribution in [0.5, 0.6) is 0 Å². The summed E-state index contributed by atoms with van der Waals surface area (Å²) in [5, 5.41) is 0. The molecule has 0 saturated heterocycles. The highest BCUT2D eigenvalue weighted by atomic mass is 16.5. The summed E-state index contributed by atoms with van der Waals surface area (Å²) in [5.74, 6) is -0.0838. The van der Waals surface area contributed by atoms with Crippen LogP contribution in [0.1, 0.15) is 19.8 Å². The third kappa shape index (κ3) is 2.73. The Balaban J connectivity index is 2.64. The van der Waals surface area contributed by atoms with Gasteiger partial charge in [-0.1, -0.05) is 0 Å². The first kappa shape index (κ1) is 10.5. The smallest absolute Gasteiger partial charge is 0.333 e. The molecule has 0 unspecified atom stereocenters. The van der Waals surface area contributed by atoms with Gasteiger partial charge in [0.15, 0.2) is 0 Å². The summed E-state index contributed by atoms with van der Waals surface area (Å²) in [7, 11) is 1.34. The third-order valence-corrected chi connectivity index (χ3v) is 1.83. The molecule has 0 fully saturated rings. The number of carbonyl (C=O) groups excluding carboxylic acids is 2. The molecular weight excluding hydrogens is 184 g/mol. The van der Waals surface area contributed by atoms with E-state index in [9.17, 15) is 9.59 Å². The minimum atomic E-state index is -0.342. The molecule has 0 aromatic heterocycles. The van der Waals surface area contributed by atoms with Gasteiger partial charge in [-0.2, -0.15) is 0 Å². The van der Waals surface area contributed by atoms with Gasteiger partial charge in [-0.25, -0.2) is 4.79 Å². The fourth-order valence-corrected chi connectivity index (χ4v) is 1.19. The maximum Gasteiger partial charge on any atom is 0.333 e. The lowest BCUT2D eigenvalue weighted by Gasteiger charge is -2.12. The predicted octanol–water partition coefficient (Wildman–Crippen LogP) is 1.33. The minimum absolute atomic E-state index is 0.330. The van der Waals surface area contributed by atoms with E-state index in [4.69, 9.17) is 4.74 Å². The highest BCUT2D eigenvalue weighted by Gasteiger charge is 2.14. The number of ether oxygens (including phenoxy) is 2. The third-order valence-electron chi connectivity index (χ3n) is 1.83. The molecule has 4 nitrogen and oxygen atoms in total. The zero-order valence-electron chi connectivity index (χ0n) is 8.20. The number of esters is 2. The number of hydrogen-bond donors (Lipinski definition) is 0. The predicted molar refractivity (Wildman–Crippen MR) is 49.2 cm³/mol. The van der Waals surface area contributed by atoms with Gasteiger partial charge in [0.05, 0.1) is 7.11 Å². The van der Waals surface area contributed by atoms with Crippen molar-refractivity contribution in [3.8, 4) is 0 Å². The molecule has 0 spiro atoms. The van der Waals surface area contributed by atoms with Crippen molar-refractivity contribution in [1.29, 1.82) is 0 Å². The Kier molecular flexibility index (Phi) is 3.45. The molecule has 0 aromatic rings. The topological polar surface area (TPSA) is 52.6 Å². The highest BCUT2D eigenvalue weighted by Crippen LogP contribution is 2.19. The summed E-state index contributed by atoms with van der Waals surface area (Å²) in [6.07, 6.45) is 4.34. The molecule has 4 heteroatoms. The second kappa shape index (κ2) is 4.60. The molecule has 0 radical (unpaired) electrons. The van der Waals surface area contributed by atoms with Crippen LogP contribution in [0.2, 0.25) is 0 Å². The first-order valence-corrected chi connectivity index (χ1v) is 4.30. The second-order valence-electron chi connectivity index (χ2n) is 2.91. The van der Waals surface area contributed by atoms with Gasteiger partial charge in [-0.15, -0.1) is 0 Å². The molecule has 0 saturated carbocycles. The molecule has 1 aliphatic carbocycles. The van der Waals surface area contributed by atoms with Gasteiger partial charge >= 0.3 is 11.9 Å². The van der Waals surface area contributed by atoms with E-state index in [1.807, 2.05) is 0 Å². The summed E-state index contributed by atoms with van der Waals surface area (Å²) in [4.78, 5) is 21.7. The van der Waals surface area contributed by atoms with Crippen molar-refractivity contribution in [2.24, 2.45) is 0 Å². The summed E-state index contributed by atoms with van der Waals surface area (Å²) in [5.41, 5.74) is 0.600. The molecule has 0 N–H and O–H groups in total. The quantitative estimate of drug-likeness (QED) is 0.625. The molecule has 0 heterocycles.